The van der Waals surface area contributed by atoms with Gasteiger partial charge in [0.05, 0.1) is 0 Å². The van der Waals surface area contributed by atoms with Gasteiger partial charge in [0, 0.05) is 6.54 Å². The molecule has 1 fully saturated rings. The van der Waals surface area contributed by atoms with E-state index in [9.17, 15) is 0 Å². The Hall–Kier alpha value is -2.42. The molecule has 1 aromatic heterocycles. The second-order valence-corrected chi connectivity index (χ2v) is 8.41. The smallest absolute Gasteiger partial charge is 0.137 e. The molecule has 0 aliphatic heterocycles. The van der Waals surface area contributed by atoms with E-state index in [1.54, 1.807) is 6.33 Å². The minimum absolute atomic E-state index is 0.415. The zero-order chi connectivity index (χ0) is 18.0. The number of allylic oxidation sites excluding steroid dienone is 1. The van der Waals surface area contributed by atoms with Crippen molar-refractivity contribution in [2.45, 2.75) is 39.7 Å². The van der Waals surface area contributed by atoms with E-state index in [0.29, 0.717) is 17.3 Å². The topological polar surface area (TPSA) is 30.7 Å². The van der Waals surface area contributed by atoms with Gasteiger partial charge >= 0.3 is 0 Å². The van der Waals surface area contributed by atoms with Crippen molar-refractivity contribution in [1.82, 2.24) is 14.8 Å². The fourth-order valence-electron chi connectivity index (χ4n) is 4.32. The van der Waals surface area contributed by atoms with Crippen LogP contribution in [0.5, 0.6) is 0 Å². The van der Waals surface area contributed by atoms with Gasteiger partial charge in [-0.2, -0.15) is 5.10 Å². The summed E-state index contributed by atoms with van der Waals surface area (Å²) in [5.41, 5.74) is 1.70. The Morgan fingerprint density at radius 2 is 2.00 bits per heavy atom. The summed E-state index contributed by atoms with van der Waals surface area (Å²) in [7, 11) is 0. The minimum atomic E-state index is 0.415. The normalized spacial score (nSPS) is 22.8. The van der Waals surface area contributed by atoms with Crippen molar-refractivity contribution in [2.24, 2.45) is 17.3 Å². The molecule has 2 atom stereocenters. The monoisotopic (exact) mass is 345 g/mol. The highest BCUT2D eigenvalue weighted by molar-refractivity contribution is 5.84. The maximum atomic E-state index is 4.33. The molecule has 1 saturated carbocycles. The van der Waals surface area contributed by atoms with Crippen LogP contribution in [0.15, 0.2) is 61.2 Å². The lowest BCUT2D eigenvalue weighted by molar-refractivity contribution is 0.126. The van der Waals surface area contributed by atoms with E-state index in [0.717, 1.165) is 6.54 Å². The lowest BCUT2D eigenvalue weighted by Gasteiger charge is -2.39. The molecule has 0 unspecified atom stereocenters. The van der Waals surface area contributed by atoms with Crippen molar-refractivity contribution in [3.63, 3.8) is 0 Å². The maximum absolute atomic E-state index is 4.33. The number of benzene rings is 2. The molecular formula is C23H27N3. The molecule has 1 aliphatic carbocycles. The summed E-state index contributed by atoms with van der Waals surface area (Å²) in [6.07, 6.45) is 12.0. The molecule has 0 saturated heterocycles. The first-order valence-electron chi connectivity index (χ1n) is 9.58. The molecule has 4 rings (SSSR count). The van der Waals surface area contributed by atoms with Crippen LogP contribution in [-0.2, 0) is 6.54 Å². The van der Waals surface area contributed by atoms with Crippen molar-refractivity contribution in [2.75, 3.05) is 0 Å². The van der Waals surface area contributed by atoms with Gasteiger partial charge in [0.15, 0.2) is 0 Å². The Labute approximate surface area is 155 Å². The summed E-state index contributed by atoms with van der Waals surface area (Å²) in [5, 5.41) is 6.93. The van der Waals surface area contributed by atoms with Crippen LogP contribution < -0.4 is 0 Å². The van der Waals surface area contributed by atoms with Gasteiger partial charge in [0.1, 0.15) is 12.7 Å². The van der Waals surface area contributed by atoms with Crippen LogP contribution in [0.4, 0.5) is 0 Å². The van der Waals surface area contributed by atoms with Crippen LogP contribution in [0.25, 0.3) is 16.8 Å². The maximum Gasteiger partial charge on any atom is 0.137 e. The SMILES string of the molecule is CC1(C)CC[C@@H](/C=C/c2ccc3ccccc3c2)[C@H](Cn2cncn2)C1. The fraction of sp³-hybridized carbons (Fsp3) is 0.391. The number of nitrogens with zero attached hydrogens (tertiary/aromatic N) is 3. The van der Waals surface area contributed by atoms with E-state index in [1.165, 1.54) is 35.6 Å². The largest absolute Gasteiger partial charge is 0.253 e. The molecule has 0 radical (unpaired) electrons. The highest BCUT2D eigenvalue weighted by Crippen LogP contribution is 2.43. The van der Waals surface area contributed by atoms with Gasteiger partial charge in [-0.25, -0.2) is 4.98 Å². The van der Waals surface area contributed by atoms with E-state index in [-0.39, 0.29) is 0 Å². The summed E-state index contributed by atoms with van der Waals surface area (Å²) in [6.45, 7) is 5.74. The first-order valence-corrected chi connectivity index (χ1v) is 9.58. The third kappa shape index (κ3) is 3.87. The quantitative estimate of drug-likeness (QED) is 0.617. The predicted molar refractivity (Wildman–Crippen MR) is 108 cm³/mol. The molecule has 0 N–H and O–H groups in total. The Bertz CT molecular complexity index is 893. The average molecular weight is 345 g/mol. The standard InChI is InChI=1S/C23H27N3/c1-23(2)12-11-20(22(14-23)15-26-17-24-16-25-26)10-8-18-7-9-19-5-3-4-6-21(19)13-18/h3-10,13,16-17,20,22H,11-12,14-15H2,1-2H3/b10-8+/t20-,22+/m1/s1. The fourth-order valence-corrected chi connectivity index (χ4v) is 4.32. The molecule has 3 heteroatoms. The number of fused-ring (bicyclic) bond motifs is 1. The van der Waals surface area contributed by atoms with Crippen LogP contribution in [0.2, 0.25) is 0 Å². The molecule has 134 valence electrons. The Morgan fingerprint density at radius 1 is 1.15 bits per heavy atom. The summed E-state index contributed by atoms with van der Waals surface area (Å²) in [4.78, 5) is 4.11. The minimum Gasteiger partial charge on any atom is -0.253 e. The molecule has 2 aromatic carbocycles. The third-order valence-electron chi connectivity index (χ3n) is 5.77. The van der Waals surface area contributed by atoms with Gasteiger partial charge < -0.3 is 0 Å². The van der Waals surface area contributed by atoms with Crippen molar-refractivity contribution < 1.29 is 0 Å². The first kappa shape index (κ1) is 17.0. The van der Waals surface area contributed by atoms with E-state index >= 15 is 0 Å². The Morgan fingerprint density at radius 3 is 2.81 bits per heavy atom. The highest BCUT2D eigenvalue weighted by Gasteiger charge is 2.33. The highest BCUT2D eigenvalue weighted by atomic mass is 15.3. The number of hydrogen-bond acceptors (Lipinski definition) is 2. The van der Waals surface area contributed by atoms with Crippen molar-refractivity contribution in [3.8, 4) is 0 Å². The molecule has 1 aliphatic rings. The molecule has 0 bridgehead atoms. The van der Waals surface area contributed by atoms with Crippen LogP contribution in [0, 0.1) is 17.3 Å². The van der Waals surface area contributed by atoms with Gasteiger partial charge in [-0.1, -0.05) is 62.4 Å². The second kappa shape index (κ2) is 7.06. The zero-order valence-electron chi connectivity index (χ0n) is 15.7. The molecule has 0 spiro atoms. The molecule has 3 nitrogen and oxygen atoms in total. The van der Waals surface area contributed by atoms with Gasteiger partial charge in [-0.15, -0.1) is 0 Å². The summed E-state index contributed by atoms with van der Waals surface area (Å²) in [5.74, 6) is 1.20. The van der Waals surface area contributed by atoms with Crippen LogP contribution in [0.3, 0.4) is 0 Å². The molecule has 0 amide bonds. The number of hydrogen-bond donors (Lipinski definition) is 0. The number of rotatable bonds is 4. The number of aromatic nitrogens is 3. The Kier molecular flexibility index (Phi) is 4.62. The summed E-state index contributed by atoms with van der Waals surface area (Å²) in [6, 6.07) is 15.3. The third-order valence-corrected chi connectivity index (χ3v) is 5.77. The zero-order valence-corrected chi connectivity index (χ0v) is 15.7. The predicted octanol–water partition coefficient (Wildman–Crippen LogP) is 5.59. The van der Waals surface area contributed by atoms with Crippen LogP contribution in [0.1, 0.15) is 38.7 Å². The van der Waals surface area contributed by atoms with Crippen molar-refractivity contribution in [3.05, 3.63) is 66.8 Å². The van der Waals surface area contributed by atoms with E-state index in [2.05, 4.69) is 78.5 Å². The molecular weight excluding hydrogens is 318 g/mol. The van der Waals surface area contributed by atoms with Gasteiger partial charge in [0.2, 0.25) is 0 Å². The van der Waals surface area contributed by atoms with Gasteiger partial charge in [0.25, 0.3) is 0 Å². The van der Waals surface area contributed by atoms with E-state index in [4.69, 9.17) is 0 Å². The van der Waals surface area contributed by atoms with E-state index < -0.39 is 0 Å². The van der Waals surface area contributed by atoms with Crippen LogP contribution >= 0.6 is 0 Å². The van der Waals surface area contributed by atoms with Crippen LogP contribution in [-0.4, -0.2) is 14.8 Å². The molecule has 26 heavy (non-hydrogen) atoms. The van der Waals surface area contributed by atoms with Crippen molar-refractivity contribution in [1.29, 1.82) is 0 Å². The lowest BCUT2D eigenvalue weighted by atomic mass is 9.67. The molecule has 3 aromatic rings. The second-order valence-electron chi connectivity index (χ2n) is 8.41. The Balaban J connectivity index is 1.54. The van der Waals surface area contributed by atoms with Crippen molar-refractivity contribution >= 4 is 16.8 Å². The average Bonchev–Trinajstić information content (AvgIpc) is 3.13. The first-order chi connectivity index (χ1) is 12.6. The lowest BCUT2D eigenvalue weighted by Crippen LogP contribution is -2.31. The van der Waals surface area contributed by atoms with Gasteiger partial charge in [-0.3, -0.25) is 4.68 Å². The summed E-state index contributed by atoms with van der Waals surface area (Å²) >= 11 is 0. The molecule has 1 heterocycles. The van der Waals surface area contributed by atoms with E-state index in [1.807, 2.05) is 11.0 Å². The van der Waals surface area contributed by atoms with Gasteiger partial charge in [-0.05, 0) is 58.9 Å². The summed E-state index contributed by atoms with van der Waals surface area (Å²) < 4.78 is 1.99.